The summed E-state index contributed by atoms with van der Waals surface area (Å²) in [6.45, 7) is 3.35. The van der Waals surface area contributed by atoms with Crippen molar-refractivity contribution < 1.29 is 13.9 Å². The van der Waals surface area contributed by atoms with Crippen LogP contribution in [0.15, 0.2) is 54.6 Å². The molecule has 1 aliphatic rings. The SMILES string of the molecule is COc1ccc(N2CCCN(c3ccc(OC)c(F)c3)CC2)c(-c2ccc(N(C)C)cc2)n1. The molecule has 1 saturated heterocycles. The standard InChI is InChI=1S/C26H31FN4O2/c1-29(2)20-8-6-19(7-9-20)26-23(11-13-25(28-26)33-4)31-15-5-14-30(16-17-31)21-10-12-24(32-3)22(27)18-21/h6-13,18H,5,14-17H2,1-4H3. The molecule has 0 amide bonds. The van der Waals surface area contributed by atoms with Crippen LogP contribution >= 0.6 is 0 Å². The Hall–Kier alpha value is -3.48. The molecule has 6 nitrogen and oxygen atoms in total. The van der Waals surface area contributed by atoms with Crippen LogP contribution < -0.4 is 24.2 Å². The van der Waals surface area contributed by atoms with E-state index in [2.05, 4.69) is 45.0 Å². The van der Waals surface area contributed by atoms with Gasteiger partial charge in [0.15, 0.2) is 11.6 Å². The lowest BCUT2D eigenvalue weighted by Crippen LogP contribution is -2.31. The van der Waals surface area contributed by atoms with Gasteiger partial charge in [-0.25, -0.2) is 9.37 Å². The molecule has 3 aromatic rings. The number of anilines is 3. The Labute approximate surface area is 195 Å². The molecule has 7 heteroatoms. The van der Waals surface area contributed by atoms with Crippen LogP contribution in [0.1, 0.15) is 6.42 Å². The summed E-state index contributed by atoms with van der Waals surface area (Å²) in [5.41, 5.74) is 5.05. The van der Waals surface area contributed by atoms with Gasteiger partial charge in [0.2, 0.25) is 5.88 Å². The van der Waals surface area contributed by atoms with Crippen molar-refractivity contribution in [1.29, 1.82) is 0 Å². The molecule has 1 aliphatic heterocycles. The lowest BCUT2D eigenvalue weighted by Gasteiger charge is -2.26. The summed E-state index contributed by atoms with van der Waals surface area (Å²) >= 11 is 0. The van der Waals surface area contributed by atoms with Crippen molar-refractivity contribution in [2.75, 3.05) is 69.2 Å². The number of methoxy groups -OCH3 is 2. The molecule has 1 fully saturated rings. The molecule has 0 saturated carbocycles. The molecule has 174 valence electrons. The van der Waals surface area contributed by atoms with E-state index in [1.807, 2.05) is 26.2 Å². The largest absolute Gasteiger partial charge is 0.494 e. The molecule has 0 spiro atoms. The van der Waals surface area contributed by atoms with E-state index in [1.54, 1.807) is 19.2 Å². The molecule has 0 bridgehead atoms. The molecular weight excluding hydrogens is 419 g/mol. The number of hydrogen-bond acceptors (Lipinski definition) is 6. The molecule has 1 aromatic heterocycles. The first-order valence-corrected chi connectivity index (χ1v) is 11.2. The number of hydrogen-bond donors (Lipinski definition) is 0. The van der Waals surface area contributed by atoms with Gasteiger partial charge in [0.1, 0.15) is 0 Å². The topological polar surface area (TPSA) is 41.1 Å². The molecule has 2 heterocycles. The van der Waals surface area contributed by atoms with Crippen molar-refractivity contribution in [3.63, 3.8) is 0 Å². The molecular formula is C26H31FN4O2. The van der Waals surface area contributed by atoms with Crippen molar-refractivity contribution in [3.8, 4) is 22.9 Å². The second kappa shape index (κ2) is 9.98. The molecule has 0 atom stereocenters. The Morgan fingerprint density at radius 3 is 2.24 bits per heavy atom. The second-order valence-electron chi connectivity index (χ2n) is 8.31. The molecule has 4 rings (SSSR count). The lowest BCUT2D eigenvalue weighted by atomic mass is 10.1. The van der Waals surface area contributed by atoms with Gasteiger partial charge in [-0.15, -0.1) is 0 Å². The molecule has 2 aromatic carbocycles. The van der Waals surface area contributed by atoms with Crippen LogP contribution in [0.3, 0.4) is 0 Å². The maximum Gasteiger partial charge on any atom is 0.213 e. The predicted molar refractivity (Wildman–Crippen MR) is 133 cm³/mol. The molecule has 33 heavy (non-hydrogen) atoms. The maximum absolute atomic E-state index is 14.3. The quantitative estimate of drug-likeness (QED) is 0.543. The molecule has 0 aliphatic carbocycles. The van der Waals surface area contributed by atoms with E-state index in [9.17, 15) is 4.39 Å². The average Bonchev–Trinajstić information content (AvgIpc) is 3.10. The van der Waals surface area contributed by atoms with Gasteiger partial charge >= 0.3 is 0 Å². The van der Waals surface area contributed by atoms with Gasteiger partial charge in [-0.3, -0.25) is 0 Å². The summed E-state index contributed by atoms with van der Waals surface area (Å²) in [7, 11) is 7.18. The van der Waals surface area contributed by atoms with Gasteiger partial charge in [-0.1, -0.05) is 12.1 Å². The highest BCUT2D eigenvalue weighted by Crippen LogP contribution is 2.33. The van der Waals surface area contributed by atoms with Crippen molar-refractivity contribution in [1.82, 2.24) is 4.98 Å². The zero-order valence-electron chi connectivity index (χ0n) is 19.7. The summed E-state index contributed by atoms with van der Waals surface area (Å²) in [6, 6.07) is 17.6. The highest BCUT2D eigenvalue weighted by molar-refractivity contribution is 5.77. The zero-order valence-corrected chi connectivity index (χ0v) is 19.7. The van der Waals surface area contributed by atoms with Crippen molar-refractivity contribution in [2.24, 2.45) is 0 Å². The van der Waals surface area contributed by atoms with Gasteiger partial charge < -0.3 is 24.2 Å². The lowest BCUT2D eigenvalue weighted by molar-refractivity contribution is 0.386. The van der Waals surface area contributed by atoms with Gasteiger partial charge in [0, 0.05) is 69.3 Å². The van der Waals surface area contributed by atoms with Gasteiger partial charge in [-0.05, 0) is 36.8 Å². The average molecular weight is 451 g/mol. The summed E-state index contributed by atoms with van der Waals surface area (Å²) in [4.78, 5) is 11.5. The number of pyridine rings is 1. The summed E-state index contributed by atoms with van der Waals surface area (Å²) in [6.07, 6.45) is 0.957. The fourth-order valence-corrected chi connectivity index (χ4v) is 4.20. The number of ether oxygens (including phenoxy) is 2. The molecule has 0 unspecified atom stereocenters. The summed E-state index contributed by atoms with van der Waals surface area (Å²) in [5.74, 6) is 0.527. The first-order valence-electron chi connectivity index (χ1n) is 11.2. The first kappa shape index (κ1) is 22.7. The fraction of sp³-hybridized carbons (Fsp3) is 0.346. The number of nitrogens with zero attached hydrogens (tertiary/aromatic N) is 4. The number of aromatic nitrogens is 1. The third-order valence-electron chi connectivity index (χ3n) is 6.05. The molecule has 0 N–H and O–H groups in total. The number of benzene rings is 2. The Kier molecular flexibility index (Phi) is 6.87. The highest BCUT2D eigenvalue weighted by Gasteiger charge is 2.20. The van der Waals surface area contributed by atoms with Crippen LogP contribution in [0, 0.1) is 5.82 Å². The van der Waals surface area contributed by atoms with E-state index in [4.69, 9.17) is 14.5 Å². The van der Waals surface area contributed by atoms with E-state index in [0.717, 1.165) is 60.9 Å². The first-order chi connectivity index (χ1) is 16.0. The number of halogens is 1. The molecule has 0 radical (unpaired) electrons. The van der Waals surface area contributed by atoms with Crippen molar-refractivity contribution >= 4 is 17.1 Å². The Morgan fingerprint density at radius 1 is 0.848 bits per heavy atom. The van der Waals surface area contributed by atoms with Crippen molar-refractivity contribution in [2.45, 2.75) is 6.42 Å². The summed E-state index contributed by atoms with van der Waals surface area (Å²) in [5, 5.41) is 0. The monoisotopic (exact) mass is 450 g/mol. The highest BCUT2D eigenvalue weighted by atomic mass is 19.1. The Morgan fingerprint density at radius 2 is 1.58 bits per heavy atom. The van der Waals surface area contributed by atoms with Gasteiger partial charge in [0.25, 0.3) is 0 Å². The van der Waals surface area contributed by atoms with E-state index in [0.29, 0.717) is 5.88 Å². The fourth-order valence-electron chi connectivity index (χ4n) is 4.20. The minimum Gasteiger partial charge on any atom is -0.494 e. The summed E-state index contributed by atoms with van der Waals surface area (Å²) < 4.78 is 24.7. The van der Waals surface area contributed by atoms with Crippen molar-refractivity contribution in [3.05, 3.63) is 60.4 Å². The smallest absolute Gasteiger partial charge is 0.213 e. The minimum absolute atomic E-state index is 0.268. The van der Waals surface area contributed by atoms with E-state index < -0.39 is 0 Å². The normalized spacial score (nSPS) is 14.1. The predicted octanol–water partition coefficient (Wildman–Crippen LogP) is 4.69. The maximum atomic E-state index is 14.3. The third kappa shape index (κ3) is 4.97. The van der Waals surface area contributed by atoms with Crippen LogP contribution in [0.4, 0.5) is 21.5 Å². The van der Waals surface area contributed by atoms with E-state index in [1.165, 1.54) is 7.11 Å². The van der Waals surface area contributed by atoms with Crippen LogP contribution in [0.5, 0.6) is 11.6 Å². The van der Waals surface area contributed by atoms with Gasteiger partial charge in [-0.2, -0.15) is 0 Å². The van der Waals surface area contributed by atoms with E-state index >= 15 is 0 Å². The van der Waals surface area contributed by atoms with Crippen LogP contribution in [0.25, 0.3) is 11.3 Å². The minimum atomic E-state index is -0.334. The zero-order chi connectivity index (χ0) is 23.4. The van der Waals surface area contributed by atoms with Crippen LogP contribution in [-0.2, 0) is 0 Å². The number of rotatable bonds is 6. The van der Waals surface area contributed by atoms with Crippen LogP contribution in [0.2, 0.25) is 0 Å². The second-order valence-corrected chi connectivity index (χ2v) is 8.31. The Bertz CT molecular complexity index is 1090. The van der Waals surface area contributed by atoms with E-state index in [-0.39, 0.29) is 11.6 Å². The Balaban J connectivity index is 1.59. The van der Waals surface area contributed by atoms with Crippen LogP contribution in [-0.4, -0.2) is 59.5 Å². The third-order valence-corrected chi connectivity index (χ3v) is 6.05. The van der Waals surface area contributed by atoms with Gasteiger partial charge in [0.05, 0.1) is 25.6 Å².